The van der Waals surface area contributed by atoms with E-state index in [1.165, 1.54) is 71.1 Å². The molecule has 3 aliphatic rings. The van der Waals surface area contributed by atoms with E-state index in [1.807, 2.05) is 0 Å². The van der Waals surface area contributed by atoms with Gasteiger partial charge in [0.05, 0.1) is 6.54 Å². The van der Waals surface area contributed by atoms with Crippen molar-refractivity contribution in [1.82, 2.24) is 20.4 Å². The number of aliphatic imine (C=N–C) groups is 1. The molecular weight excluding hydrogens is 425 g/mol. The molecule has 1 saturated carbocycles. The Balaban J connectivity index is 0.00000225. The number of halogens is 1. The summed E-state index contributed by atoms with van der Waals surface area (Å²) in [5.41, 5.74) is 0.287. The van der Waals surface area contributed by atoms with Crippen molar-refractivity contribution in [2.75, 3.05) is 52.9 Å². The molecule has 2 heterocycles. The summed E-state index contributed by atoms with van der Waals surface area (Å²) in [7, 11) is 2.25. The Morgan fingerprint density at radius 2 is 1.72 bits per heavy atom. The van der Waals surface area contributed by atoms with Gasteiger partial charge in [0.25, 0.3) is 0 Å². The molecule has 0 unspecified atom stereocenters. The zero-order chi connectivity index (χ0) is 16.8. The largest absolute Gasteiger partial charge is 0.357 e. The normalized spacial score (nSPS) is 25.3. The van der Waals surface area contributed by atoms with Crippen LogP contribution in [0.2, 0.25) is 0 Å². The quantitative estimate of drug-likeness (QED) is 0.361. The van der Waals surface area contributed by atoms with Crippen molar-refractivity contribution in [3.63, 3.8) is 0 Å². The first-order valence-electron chi connectivity index (χ1n) is 10.2. The predicted molar refractivity (Wildman–Crippen MR) is 117 cm³/mol. The molecule has 0 atom stereocenters. The fourth-order valence-corrected chi connectivity index (χ4v) is 4.11. The summed E-state index contributed by atoms with van der Waals surface area (Å²) in [6.45, 7) is 10.1. The molecule has 3 rings (SSSR count). The molecule has 0 aromatic heterocycles. The number of guanidine groups is 1. The summed E-state index contributed by atoms with van der Waals surface area (Å²) in [6.07, 6.45) is 9.42. The lowest BCUT2D eigenvalue weighted by Crippen LogP contribution is -2.58. The van der Waals surface area contributed by atoms with Crippen molar-refractivity contribution in [3.8, 4) is 0 Å². The van der Waals surface area contributed by atoms with Gasteiger partial charge in [0, 0.05) is 18.6 Å². The molecule has 25 heavy (non-hydrogen) atoms. The molecule has 0 bridgehead atoms. The number of nitrogens with one attached hydrogen (secondary N) is 2. The minimum absolute atomic E-state index is 0. The summed E-state index contributed by atoms with van der Waals surface area (Å²) in [5.74, 6) is 1.91. The van der Waals surface area contributed by atoms with E-state index in [0.717, 1.165) is 31.5 Å². The predicted octanol–water partition coefficient (Wildman–Crippen LogP) is 2.52. The third-order valence-electron chi connectivity index (χ3n) is 6.08. The molecular formula is C19H38IN5. The van der Waals surface area contributed by atoms with Gasteiger partial charge in [-0.05, 0) is 84.6 Å². The van der Waals surface area contributed by atoms with E-state index in [-0.39, 0.29) is 29.5 Å². The summed E-state index contributed by atoms with van der Waals surface area (Å²) in [6, 6.07) is 0. The third kappa shape index (κ3) is 6.24. The number of hydrogen-bond donors (Lipinski definition) is 2. The standard InChI is InChI=1S/C19H37N5.HI/c1-3-20-18(21-15-17-7-8-17)22-16-19(9-13-23(2)14-10-19)24-11-5-4-6-12-24;/h17H,3-16H2,1-2H3,(H2,20,21,22);1H. The van der Waals surface area contributed by atoms with Gasteiger partial charge in [-0.3, -0.25) is 9.89 Å². The third-order valence-corrected chi connectivity index (χ3v) is 6.08. The average molecular weight is 463 g/mol. The smallest absolute Gasteiger partial charge is 0.191 e. The highest BCUT2D eigenvalue weighted by atomic mass is 127. The van der Waals surface area contributed by atoms with Crippen molar-refractivity contribution < 1.29 is 0 Å². The first-order chi connectivity index (χ1) is 11.7. The van der Waals surface area contributed by atoms with Crippen LogP contribution in [0.5, 0.6) is 0 Å². The van der Waals surface area contributed by atoms with Crippen LogP contribution in [0.25, 0.3) is 0 Å². The molecule has 0 aromatic carbocycles. The van der Waals surface area contributed by atoms with Crippen LogP contribution in [0.3, 0.4) is 0 Å². The van der Waals surface area contributed by atoms with Gasteiger partial charge in [0.2, 0.25) is 0 Å². The average Bonchev–Trinajstić information content (AvgIpc) is 3.44. The van der Waals surface area contributed by atoms with Crippen molar-refractivity contribution in [3.05, 3.63) is 0 Å². The van der Waals surface area contributed by atoms with E-state index in [1.54, 1.807) is 0 Å². The second-order valence-electron chi connectivity index (χ2n) is 8.09. The van der Waals surface area contributed by atoms with E-state index in [9.17, 15) is 0 Å². The number of hydrogen-bond acceptors (Lipinski definition) is 3. The van der Waals surface area contributed by atoms with Crippen molar-refractivity contribution in [2.24, 2.45) is 10.9 Å². The van der Waals surface area contributed by atoms with Gasteiger partial charge in [0.1, 0.15) is 0 Å². The van der Waals surface area contributed by atoms with Gasteiger partial charge >= 0.3 is 0 Å². The second-order valence-corrected chi connectivity index (χ2v) is 8.09. The van der Waals surface area contributed by atoms with Crippen LogP contribution < -0.4 is 10.6 Å². The van der Waals surface area contributed by atoms with Gasteiger partial charge in [-0.15, -0.1) is 24.0 Å². The first-order valence-corrected chi connectivity index (χ1v) is 10.2. The van der Waals surface area contributed by atoms with Crippen molar-refractivity contribution in [1.29, 1.82) is 0 Å². The van der Waals surface area contributed by atoms with Crippen LogP contribution in [0.15, 0.2) is 4.99 Å². The Bertz CT molecular complexity index is 410. The Hall–Kier alpha value is -0.0800. The zero-order valence-corrected chi connectivity index (χ0v) is 18.6. The van der Waals surface area contributed by atoms with Gasteiger partial charge in [0.15, 0.2) is 5.96 Å². The van der Waals surface area contributed by atoms with Gasteiger partial charge in [-0.1, -0.05) is 6.42 Å². The topological polar surface area (TPSA) is 42.9 Å². The minimum atomic E-state index is 0. The van der Waals surface area contributed by atoms with Crippen LogP contribution in [-0.4, -0.2) is 74.2 Å². The molecule has 0 spiro atoms. The Labute approximate surface area is 171 Å². The summed E-state index contributed by atoms with van der Waals surface area (Å²) >= 11 is 0. The maximum atomic E-state index is 5.04. The SMILES string of the molecule is CCNC(=NCC1(N2CCCCC2)CCN(C)CC1)NCC1CC1.I. The van der Waals surface area contributed by atoms with Gasteiger partial charge in [-0.25, -0.2) is 0 Å². The maximum absolute atomic E-state index is 5.04. The van der Waals surface area contributed by atoms with Crippen LogP contribution in [0, 0.1) is 5.92 Å². The van der Waals surface area contributed by atoms with E-state index in [0.29, 0.717) is 0 Å². The van der Waals surface area contributed by atoms with Crippen LogP contribution in [0.1, 0.15) is 51.9 Å². The lowest BCUT2D eigenvalue weighted by atomic mass is 9.84. The Morgan fingerprint density at radius 3 is 2.32 bits per heavy atom. The molecule has 0 amide bonds. The second kappa shape index (κ2) is 10.3. The summed E-state index contributed by atoms with van der Waals surface area (Å²) in [5, 5.41) is 7.01. The Morgan fingerprint density at radius 1 is 1.04 bits per heavy atom. The van der Waals surface area contributed by atoms with E-state index < -0.39 is 0 Å². The number of rotatable bonds is 6. The molecule has 2 N–H and O–H groups in total. The zero-order valence-electron chi connectivity index (χ0n) is 16.2. The van der Waals surface area contributed by atoms with Crippen molar-refractivity contribution >= 4 is 29.9 Å². The molecule has 2 saturated heterocycles. The molecule has 0 radical (unpaired) electrons. The van der Waals surface area contributed by atoms with Gasteiger partial charge < -0.3 is 15.5 Å². The molecule has 3 fully saturated rings. The van der Waals surface area contributed by atoms with Crippen LogP contribution in [0.4, 0.5) is 0 Å². The molecule has 6 heteroatoms. The number of nitrogens with zero attached hydrogens (tertiary/aromatic N) is 3. The first kappa shape index (κ1) is 21.2. The number of likely N-dealkylation sites (tertiary alicyclic amines) is 2. The molecule has 0 aromatic rings. The molecule has 2 aliphatic heterocycles. The highest BCUT2D eigenvalue weighted by Gasteiger charge is 2.39. The highest BCUT2D eigenvalue weighted by Crippen LogP contribution is 2.32. The van der Waals surface area contributed by atoms with Gasteiger partial charge in [-0.2, -0.15) is 0 Å². The fraction of sp³-hybridized carbons (Fsp3) is 0.947. The fourth-order valence-electron chi connectivity index (χ4n) is 4.11. The molecule has 146 valence electrons. The minimum Gasteiger partial charge on any atom is -0.357 e. The van der Waals surface area contributed by atoms with E-state index in [4.69, 9.17) is 4.99 Å². The summed E-state index contributed by atoms with van der Waals surface area (Å²) in [4.78, 5) is 10.3. The summed E-state index contributed by atoms with van der Waals surface area (Å²) < 4.78 is 0. The van der Waals surface area contributed by atoms with Crippen LogP contribution >= 0.6 is 24.0 Å². The monoisotopic (exact) mass is 463 g/mol. The Kier molecular flexibility index (Phi) is 8.75. The molecule has 5 nitrogen and oxygen atoms in total. The van der Waals surface area contributed by atoms with E-state index in [2.05, 4.69) is 34.4 Å². The van der Waals surface area contributed by atoms with Crippen molar-refractivity contribution in [2.45, 2.75) is 57.4 Å². The van der Waals surface area contributed by atoms with Crippen LogP contribution in [-0.2, 0) is 0 Å². The number of piperidine rings is 2. The molecule has 1 aliphatic carbocycles. The maximum Gasteiger partial charge on any atom is 0.191 e. The lowest BCUT2D eigenvalue weighted by Gasteiger charge is -2.49. The lowest BCUT2D eigenvalue weighted by molar-refractivity contribution is 0.0208. The highest BCUT2D eigenvalue weighted by molar-refractivity contribution is 14.0. The van der Waals surface area contributed by atoms with E-state index >= 15 is 0 Å².